The molecule has 1 aromatic rings. The topological polar surface area (TPSA) is 41.1 Å². The average Bonchev–Trinajstić information content (AvgIpc) is 3.08. The molecule has 0 spiro atoms. The van der Waals surface area contributed by atoms with Gasteiger partial charge in [-0.1, -0.05) is 23.7 Å². The van der Waals surface area contributed by atoms with Crippen LogP contribution >= 0.6 is 11.6 Å². The Morgan fingerprint density at radius 3 is 2.78 bits per heavy atom. The molecule has 1 heterocycles. The summed E-state index contributed by atoms with van der Waals surface area (Å²) in [5.41, 5.74) is 0.751. The van der Waals surface area contributed by atoms with Gasteiger partial charge in [0.05, 0.1) is 5.41 Å². The number of nitrogens with one attached hydrogen (secondary N) is 2. The van der Waals surface area contributed by atoms with Gasteiger partial charge in [0, 0.05) is 30.6 Å². The smallest absolute Gasteiger partial charge is 0.230 e. The lowest BCUT2D eigenvalue weighted by molar-refractivity contribution is -0.123. The molecule has 3 rings (SSSR count). The largest absolute Gasteiger partial charge is 0.355 e. The lowest BCUT2D eigenvalue weighted by atomic mass is 9.94. The summed E-state index contributed by atoms with van der Waals surface area (Å²) in [6, 6.07) is 7.68. The van der Waals surface area contributed by atoms with Crippen molar-refractivity contribution in [3.8, 4) is 0 Å². The molecule has 4 heteroatoms. The zero-order valence-electron chi connectivity index (χ0n) is 10.2. The fourth-order valence-corrected chi connectivity index (χ4v) is 2.65. The quantitative estimate of drug-likeness (QED) is 0.869. The van der Waals surface area contributed by atoms with Gasteiger partial charge in [-0.3, -0.25) is 4.79 Å². The summed E-state index contributed by atoms with van der Waals surface area (Å²) < 4.78 is 0. The predicted molar refractivity (Wildman–Crippen MR) is 71.7 cm³/mol. The van der Waals surface area contributed by atoms with E-state index in [9.17, 15) is 4.79 Å². The molecule has 2 N–H and O–H groups in total. The maximum absolute atomic E-state index is 12.3. The molecule has 1 amide bonds. The maximum atomic E-state index is 12.3. The summed E-state index contributed by atoms with van der Waals surface area (Å²) in [5, 5.41) is 7.00. The van der Waals surface area contributed by atoms with E-state index in [1.54, 1.807) is 0 Å². The SMILES string of the molecule is O=C(NCC1CNC1)C1(c2cccc(Cl)c2)CC1. The fourth-order valence-electron chi connectivity index (χ4n) is 2.46. The lowest BCUT2D eigenvalue weighted by Crippen LogP contribution is -2.49. The highest BCUT2D eigenvalue weighted by molar-refractivity contribution is 6.30. The molecule has 0 atom stereocenters. The maximum Gasteiger partial charge on any atom is 0.230 e. The summed E-state index contributed by atoms with van der Waals surface area (Å²) in [6.07, 6.45) is 1.87. The van der Waals surface area contributed by atoms with Crippen LogP contribution in [-0.2, 0) is 10.2 Å². The Hall–Kier alpha value is -1.06. The zero-order chi connectivity index (χ0) is 12.6. The summed E-state index contributed by atoms with van der Waals surface area (Å²) in [7, 11) is 0. The minimum Gasteiger partial charge on any atom is -0.355 e. The third-order valence-corrected chi connectivity index (χ3v) is 4.21. The number of hydrogen-bond acceptors (Lipinski definition) is 2. The van der Waals surface area contributed by atoms with Gasteiger partial charge in [0.25, 0.3) is 0 Å². The summed E-state index contributed by atoms with van der Waals surface area (Å²) >= 11 is 6.00. The van der Waals surface area contributed by atoms with Crippen LogP contribution < -0.4 is 10.6 Å². The highest BCUT2D eigenvalue weighted by atomic mass is 35.5. The molecule has 96 valence electrons. The second kappa shape index (κ2) is 4.56. The van der Waals surface area contributed by atoms with E-state index in [0.717, 1.165) is 38.0 Å². The number of benzene rings is 1. The van der Waals surface area contributed by atoms with E-state index in [4.69, 9.17) is 11.6 Å². The van der Waals surface area contributed by atoms with Crippen molar-refractivity contribution < 1.29 is 4.79 Å². The summed E-state index contributed by atoms with van der Waals surface area (Å²) in [4.78, 5) is 12.3. The Morgan fingerprint density at radius 2 is 2.22 bits per heavy atom. The molecular formula is C14H17ClN2O. The summed E-state index contributed by atoms with van der Waals surface area (Å²) in [6.45, 7) is 2.82. The van der Waals surface area contributed by atoms with E-state index < -0.39 is 0 Å². The van der Waals surface area contributed by atoms with Gasteiger partial charge in [-0.05, 0) is 30.5 Å². The van der Waals surface area contributed by atoms with Crippen LogP contribution in [0.5, 0.6) is 0 Å². The van der Waals surface area contributed by atoms with Crippen LogP contribution in [0.4, 0.5) is 0 Å². The average molecular weight is 265 g/mol. The number of halogens is 1. The van der Waals surface area contributed by atoms with Gasteiger partial charge in [-0.25, -0.2) is 0 Å². The zero-order valence-corrected chi connectivity index (χ0v) is 11.0. The molecule has 0 unspecified atom stereocenters. The molecule has 1 aromatic carbocycles. The standard InChI is InChI=1S/C14H17ClN2O/c15-12-3-1-2-11(6-12)14(4-5-14)13(18)17-9-10-7-16-8-10/h1-3,6,10,16H,4-5,7-9H2,(H,17,18). The first-order valence-electron chi connectivity index (χ1n) is 6.46. The van der Waals surface area contributed by atoms with Gasteiger partial charge < -0.3 is 10.6 Å². The third-order valence-electron chi connectivity index (χ3n) is 3.98. The van der Waals surface area contributed by atoms with Crippen molar-refractivity contribution in [2.75, 3.05) is 19.6 Å². The number of rotatable bonds is 4. The van der Waals surface area contributed by atoms with Gasteiger partial charge in [0.1, 0.15) is 0 Å². The molecule has 3 nitrogen and oxygen atoms in total. The van der Waals surface area contributed by atoms with E-state index in [0.29, 0.717) is 10.9 Å². The Bertz CT molecular complexity index is 467. The molecule has 18 heavy (non-hydrogen) atoms. The Kier molecular flexibility index (Phi) is 3.04. The van der Waals surface area contributed by atoms with Crippen molar-refractivity contribution in [1.82, 2.24) is 10.6 Å². The lowest BCUT2D eigenvalue weighted by Gasteiger charge is -2.28. The van der Waals surface area contributed by atoms with E-state index in [1.807, 2.05) is 24.3 Å². The Labute approximate surface area is 112 Å². The first kappa shape index (κ1) is 12.0. The van der Waals surface area contributed by atoms with Gasteiger partial charge in [0.15, 0.2) is 0 Å². The van der Waals surface area contributed by atoms with Crippen molar-refractivity contribution >= 4 is 17.5 Å². The molecule has 1 aliphatic heterocycles. The van der Waals surface area contributed by atoms with E-state index >= 15 is 0 Å². The van der Waals surface area contributed by atoms with Crippen molar-refractivity contribution in [3.05, 3.63) is 34.9 Å². The van der Waals surface area contributed by atoms with Crippen LogP contribution in [0.1, 0.15) is 18.4 Å². The molecule has 1 aliphatic carbocycles. The van der Waals surface area contributed by atoms with E-state index in [2.05, 4.69) is 10.6 Å². The number of carbonyl (C=O) groups is 1. The van der Waals surface area contributed by atoms with Crippen LogP contribution in [0.2, 0.25) is 5.02 Å². The predicted octanol–water partition coefficient (Wildman–Crippen LogP) is 1.71. The number of carbonyl (C=O) groups excluding carboxylic acids is 1. The molecule has 0 bridgehead atoms. The van der Waals surface area contributed by atoms with Crippen molar-refractivity contribution in [3.63, 3.8) is 0 Å². The molecule has 2 aliphatic rings. The minimum absolute atomic E-state index is 0.164. The second-order valence-electron chi connectivity index (χ2n) is 5.33. The number of amides is 1. The van der Waals surface area contributed by atoms with Crippen LogP contribution in [0, 0.1) is 5.92 Å². The van der Waals surface area contributed by atoms with Gasteiger partial charge in [-0.2, -0.15) is 0 Å². The Morgan fingerprint density at radius 1 is 1.44 bits per heavy atom. The van der Waals surface area contributed by atoms with Crippen LogP contribution in [0.25, 0.3) is 0 Å². The monoisotopic (exact) mass is 264 g/mol. The Balaban J connectivity index is 1.68. The normalized spacial score (nSPS) is 21.2. The highest BCUT2D eigenvalue weighted by Gasteiger charge is 2.51. The summed E-state index contributed by atoms with van der Waals surface area (Å²) in [5.74, 6) is 0.765. The molecule has 1 saturated heterocycles. The molecule has 2 fully saturated rings. The molecule has 0 aromatic heterocycles. The first-order valence-corrected chi connectivity index (χ1v) is 6.83. The van der Waals surface area contributed by atoms with Crippen LogP contribution in [0.3, 0.4) is 0 Å². The second-order valence-corrected chi connectivity index (χ2v) is 5.76. The number of hydrogen-bond donors (Lipinski definition) is 2. The van der Waals surface area contributed by atoms with Crippen molar-refractivity contribution in [2.24, 2.45) is 5.92 Å². The van der Waals surface area contributed by atoms with Crippen molar-refractivity contribution in [1.29, 1.82) is 0 Å². The minimum atomic E-state index is -0.303. The fraction of sp³-hybridized carbons (Fsp3) is 0.500. The molecule has 1 saturated carbocycles. The van der Waals surface area contributed by atoms with Crippen LogP contribution in [-0.4, -0.2) is 25.5 Å². The highest BCUT2D eigenvalue weighted by Crippen LogP contribution is 2.48. The van der Waals surface area contributed by atoms with Gasteiger partial charge in [-0.15, -0.1) is 0 Å². The first-order chi connectivity index (χ1) is 8.71. The third kappa shape index (κ3) is 2.13. The van der Waals surface area contributed by atoms with Crippen molar-refractivity contribution in [2.45, 2.75) is 18.3 Å². The van der Waals surface area contributed by atoms with Crippen LogP contribution in [0.15, 0.2) is 24.3 Å². The molecule has 0 radical (unpaired) electrons. The van der Waals surface area contributed by atoms with E-state index in [-0.39, 0.29) is 11.3 Å². The molecular weight excluding hydrogens is 248 g/mol. The van der Waals surface area contributed by atoms with Gasteiger partial charge >= 0.3 is 0 Å². The van der Waals surface area contributed by atoms with E-state index in [1.165, 1.54) is 0 Å². The van der Waals surface area contributed by atoms with Gasteiger partial charge in [0.2, 0.25) is 5.91 Å².